The summed E-state index contributed by atoms with van der Waals surface area (Å²) in [6.45, 7) is 9.26. The molecule has 3 aromatic heterocycles. The molecule has 0 aliphatic rings. The normalized spacial score (nSPS) is 12.9. The van der Waals surface area contributed by atoms with Crippen LogP contribution in [0.1, 0.15) is 61.5 Å². The fourth-order valence-corrected chi connectivity index (χ4v) is 4.78. The molecule has 0 spiro atoms. The third kappa shape index (κ3) is 5.28. The zero-order valence-corrected chi connectivity index (χ0v) is 22.7. The van der Waals surface area contributed by atoms with Gasteiger partial charge in [0.1, 0.15) is 11.8 Å². The van der Waals surface area contributed by atoms with Crippen LogP contribution in [0.4, 0.5) is 0 Å². The number of hydrogen-bond donors (Lipinski definition) is 1. The summed E-state index contributed by atoms with van der Waals surface area (Å²) in [5.74, 6) is 1.36. The lowest BCUT2D eigenvalue weighted by Gasteiger charge is -2.33. The number of rotatable bonds is 9. The van der Waals surface area contributed by atoms with Gasteiger partial charge >= 0.3 is 0 Å². The Kier molecular flexibility index (Phi) is 7.19. The van der Waals surface area contributed by atoms with Crippen LogP contribution in [0.5, 0.6) is 0 Å². The van der Waals surface area contributed by atoms with Crippen molar-refractivity contribution in [2.75, 3.05) is 0 Å². The Labute approximate surface area is 226 Å². The van der Waals surface area contributed by atoms with Crippen molar-refractivity contribution in [2.24, 2.45) is 0 Å². The monoisotopic (exact) mass is 530 g/mol. The number of aromatic amines is 1. The molecule has 0 aliphatic heterocycles. The molecule has 9 heteroatoms. The first-order chi connectivity index (χ1) is 18.2. The molecule has 5 rings (SSSR count). The molecule has 38 heavy (non-hydrogen) atoms. The lowest BCUT2D eigenvalue weighted by atomic mass is 9.98. The molecule has 0 fully saturated rings. The third-order valence-corrected chi connectivity index (χ3v) is 7.35. The van der Waals surface area contributed by atoms with Crippen molar-refractivity contribution in [2.45, 2.75) is 58.8 Å². The molecule has 0 radical (unpaired) electrons. The molecular weight excluding hydrogens is 500 g/mol. The Morgan fingerprint density at radius 3 is 2.61 bits per heavy atom. The lowest BCUT2D eigenvalue weighted by Crippen LogP contribution is -2.38. The Morgan fingerprint density at radius 2 is 1.89 bits per heavy atom. The number of nitrogens with one attached hydrogen (secondary N) is 1. The quantitative estimate of drug-likeness (QED) is 0.251. The highest BCUT2D eigenvalue weighted by atomic mass is 35.5. The van der Waals surface area contributed by atoms with E-state index in [1.165, 1.54) is 0 Å². The molecule has 0 aliphatic carbocycles. The van der Waals surface area contributed by atoms with Crippen LogP contribution in [0.25, 0.3) is 10.9 Å². The molecule has 196 valence electrons. The number of hydrogen-bond acceptors (Lipinski definition) is 6. The Hall–Kier alpha value is -3.75. The van der Waals surface area contributed by atoms with Gasteiger partial charge in [0, 0.05) is 22.6 Å². The predicted octanol–water partition coefficient (Wildman–Crippen LogP) is 6.01. The first-order valence-corrected chi connectivity index (χ1v) is 13.1. The number of pyridine rings is 1. The lowest BCUT2D eigenvalue weighted by molar-refractivity contribution is 0.168. The molecule has 2 aromatic carbocycles. The minimum Gasteiger partial charge on any atom is -0.468 e. The van der Waals surface area contributed by atoms with E-state index in [9.17, 15) is 4.79 Å². The molecule has 0 bridgehead atoms. The number of nitrogens with zero attached hydrogens (tertiary/aromatic N) is 5. The summed E-state index contributed by atoms with van der Waals surface area (Å²) in [4.78, 5) is 18.9. The number of benzene rings is 2. The minimum atomic E-state index is -0.565. The van der Waals surface area contributed by atoms with E-state index >= 15 is 0 Å². The number of halogens is 1. The zero-order chi connectivity index (χ0) is 26.9. The number of aryl methyl sites for hydroxylation is 1. The third-order valence-electron chi connectivity index (χ3n) is 7.10. The van der Waals surface area contributed by atoms with E-state index in [0.29, 0.717) is 29.5 Å². The van der Waals surface area contributed by atoms with Crippen molar-refractivity contribution in [1.82, 2.24) is 30.1 Å². The molecule has 0 saturated carbocycles. The standard InChI is InChI=1S/C29H31ClN6O2/c1-5-29(3,4)36-27(32-33-34-36)26(24-16-21-15-19(2)8-13-25(21)31-28(24)37)35(18-23-7-6-14-38-23)17-20-9-11-22(30)12-10-20/h6-16,26H,5,17-18H2,1-4H3,(H,31,37)/t26-/m1/s1. The fourth-order valence-electron chi connectivity index (χ4n) is 4.66. The highest BCUT2D eigenvalue weighted by Gasteiger charge is 2.35. The van der Waals surface area contributed by atoms with E-state index in [-0.39, 0.29) is 11.1 Å². The van der Waals surface area contributed by atoms with Gasteiger partial charge in [0.2, 0.25) is 0 Å². The second-order valence-electron chi connectivity index (χ2n) is 10.3. The number of furan rings is 1. The molecule has 8 nitrogen and oxygen atoms in total. The highest BCUT2D eigenvalue weighted by Crippen LogP contribution is 2.33. The molecule has 0 amide bonds. The Morgan fingerprint density at radius 1 is 1.11 bits per heavy atom. The van der Waals surface area contributed by atoms with Crippen molar-refractivity contribution in [3.63, 3.8) is 0 Å². The Bertz CT molecular complexity index is 1590. The van der Waals surface area contributed by atoms with Crippen LogP contribution < -0.4 is 5.56 Å². The maximum atomic E-state index is 13.7. The molecular formula is C29H31ClN6O2. The average molecular weight is 531 g/mol. The van der Waals surface area contributed by atoms with E-state index in [0.717, 1.165) is 34.2 Å². The molecule has 1 N–H and O–H groups in total. The summed E-state index contributed by atoms with van der Waals surface area (Å²) < 4.78 is 7.59. The van der Waals surface area contributed by atoms with E-state index in [2.05, 4.69) is 52.2 Å². The summed E-state index contributed by atoms with van der Waals surface area (Å²) in [5.41, 5.74) is 2.94. The first kappa shape index (κ1) is 25.9. The van der Waals surface area contributed by atoms with E-state index in [4.69, 9.17) is 16.0 Å². The van der Waals surface area contributed by atoms with Gasteiger partial charge in [0.15, 0.2) is 5.82 Å². The van der Waals surface area contributed by atoms with Crippen molar-refractivity contribution in [3.8, 4) is 0 Å². The van der Waals surface area contributed by atoms with Crippen molar-refractivity contribution >= 4 is 22.5 Å². The summed E-state index contributed by atoms with van der Waals surface area (Å²) in [5, 5.41) is 14.6. The van der Waals surface area contributed by atoms with E-state index < -0.39 is 6.04 Å². The van der Waals surface area contributed by atoms with Crippen LogP contribution in [-0.4, -0.2) is 30.1 Å². The van der Waals surface area contributed by atoms with Crippen molar-refractivity contribution in [3.05, 3.63) is 111 Å². The molecule has 0 unspecified atom stereocenters. The van der Waals surface area contributed by atoms with Gasteiger partial charge in [-0.2, -0.15) is 0 Å². The van der Waals surface area contributed by atoms with Gasteiger partial charge < -0.3 is 9.40 Å². The van der Waals surface area contributed by atoms with Crippen LogP contribution in [0, 0.1) is 6.92 Å². The average Bonchev–Trinajstić information content (AvgIpc) is 3.59. The number of H-pyrrole nitrogens is 1. The predicted molar refractivity (Wildman–Crippen MR) is 148 cm³/mol. The summed E-state index contributed by atoms with van der Waals surface area (Å²) in [7, 11) is 0. The summed E-state index contributed by atoms with van der Waals surface area (Å²) in [6.07, 6.45) is 2.46. The van der Waals surface area contributed by atoms with Gasteiger partial charge in [-0.15, -0.1) is 5.10 Å². The van der Waals surface area contributed by atoms with Crippen LogP contribution in [0.2, 0.25) is 5.02 Å². The second-order valence-corrected chi connectivity index (χ2v) is 10.7. The molecule has 5 aromatic rings. The van der Waals surface area contributed by atoms with Gasteiger partial charge in [0.25, 0.3) is 5.56 Å². The Balaban J connectivity index is 1.73. The van der Waals surface area contributed by atoms with Crippen molar-refractivity contribution < 1.29 is 4.42 Å². The van der Waals surface area contributed by atoms with Crippen molar-refractivity contribution in [1.29, 1.82) is 0 Å². The van der Waals surface area contributed by atoms with Crippen LogP contribution in [-0.2, 0) is 18.6 Å². The number of tetrazole rings is 1. The number of fused-ring (bicyclic) bond motifs is 1. The first-order valence-electron chi connectivity index (χ1n) is 12.7. The highest BCUT2D eigenvalue weighted by molar-refractivity contribution is 6.30. The topological polar surface area (TPSA) is 92.8 Å². The van der Waals surface area contributed by atoms with Gasteiger partial charge in [-0.3, -0.25) is 9.69 Å². The minimum absolute atomic E-state index is 0.184. The maximum absolute atomic E-state index is 13.7. The van der Waals surface area contributed by atoms with E-state index in [1.807, 2.05) is 66.2 Å². The van der Waals surface area contributed by atoms with Gasteiger partial charge in [-0.25, -0.2) is 4.68 Å². The van der Waals surface area contributed by atoms with Gasteiger partial charge in [-0.05, 0) is 91.0 Å². The molecule has 0 saturated heterocycles. The second kappa shape index (κ2) is 10.6. The smallest absolute Gasteiger partial charge is 0.253 e. The van der Waals surface area contributed by atoms with Crippen LogP contribution in [0.3, 0.4) is 0 Å². The van der Waals surface area contributed by atoms with E-state index in [1.54, 1.807) is 6.26 Å². The zero-order valence-electron chi connectivity index (χ0n) is 22.0. The largest absolute Gasteiger partial charge is 0.468 e. The molecule has 1 atom stereocenters. The van der Waals surface area contributed by atoms with Gasteiger partial charge in [-0.1, -0.05) is 42.3 Å². The summed E-state index contributed by atoms with van der Waals surface area (Å²) in [6, 6.07) is 18.9. The maximum Gasteiger partial charge on any atom is 0.253 e. The number of aromatic nitrogens is 5. The van der Waals surface area contributed by atoms with Gasteiger partial charge in [0.05, 0.1) is 18.3 Å². The SMILES string of the molecule is CCC(C)(C)n1nnnc1[C@@H](c1cc2cc(C)ccc2[nH]c1=O)N(Cc1ccc(Cl)cc1)Cc1ccco1. The molecule has 3 heterocycles. The fraction of sp³-hybridized carbons (Fsp3) is 0.310. The van der Waals surface area contributed by atoms with Crippen LogP contribution >= 0.6 is 11.6 Å². The summed E-state index contributed by atoms with van der Waals surface area (Å²) >= 11 is 6.18. The van der Waals surface area contributed by atoms with Crippen LogP contribution in [0.15, 0.2) is 76.1 Å².